The topological polar surface area (TPSA) is 69.2 Å². The molecular formula is C72H147AlO3. The largest absolute Gasteiger partial charge is 3.00 e. The third-order valence-corrected chi connectivity index (χ3v) is 16.5. The smallest absolute Gasteiger partial charge is 0.854 e. The molecule has 0 aromatic heterocycles. The van der Waals surface area contributed by atoms with Crippen molar-refractivity contribution in [1.82, 2.24) is 0 Å². The number of hydrogen-bond acceptors (Lipinski definition) is 3. The van der Waals surface area contributed by atoms with Crippen molar-refractivity contribution in [2.45, 2.75) is 445 Å². The molecule has 0 aromatic carbocycles. The van der Waals surface area contributed by atoms with Crippen molar-refractivity contribution in [2.24, 2.45) is 0 Å². The Labute approximate surface area is 494 Å². The maximum Gasteiger partial charge on any atom is 3.00 e. The van der Waals surface area contributed by atoms with Crippen LogP contribution >= 0.6 is 0 Å². The van der Waals surface area contributed by atoms with E-state index in [4.69, 9.17) is 0 Å². The van der Waals surface area contributed by atoms with Crippen molar-refractivity contribution in [3.63, 3.8) is 0 Å². The second-order valence-electron chi connectivity index (χ2n) is 24.4. The van der Waals surface area contributed by atoms with Gasteiger partial charge in [0, 0.05) is 0 Å². The molecule has 0 heterocycles. The Morgan fingerprint density at radius 3 is 0.250 bits per heavy atom. The molecule has 0 aliphatic heterocycles. The SMILES string of the molecule is CCCCCCCCCCCCCCCCCCCCCCCC[O-].CCCCCCCCCCCCCCCCCCCCCCCC[O-].CCCCCCCCCCCCCCCCCCCCCCCC[O-].[Al+3]. The third-order valence-electron chi connectivity index (χ3n) is 16.5. The van der Waals surface area contributed by atoms with Crippen LogP contribution in [-0.4, -0.2) is 37.2 Å². The van der Waals surface area contributed by atoms with Crippen LogP contribution in [0.2, 0.25) is 0 Å². The molecule has 0 atom stereocenters. The summed E-state index contributed by atoms with van der Waals surface area (Å²) in [4.78, 5) is 0. The first-order valence-electron chi connectivity index (χ1n) is 36.0. The van der Waals surface area contributed by atoms with Crippen LogP contribution in [0.15, 0.2) is 0 Å². The standard InChI is InChI=1S/3C24H49O.Al/c3*1-2-3-4-5-6-7-8-9-10-11-12-13-14-15-16-17-18-19-20-21-22-23-24-25;/h3*2-24H2,1H3;/q3*-1;+3. The molecule has 0 bridgehead atoms. The summed E-state index contributed by atoms with van der Waals surface area (Å²) in [5, 5.41) is 31.0. The maximum atomic E-state index is 10.3. The number of unbranched alkanes of at least 4 members (excludes halogenated alkanes) is 63. The molecule has 0 N–H and O–H groups in total. The molecule has 0 radical (unpaired) electrons. The van der Waals surface area contributed by atoms with Crippen LogP contribution in [0, 0.1) is 0 Å². The Bertz CT molecular complexity index is 693. The van der Waals surface area contributed by atoms with E-state index in [9.17, 15) is 15.3 Å². The molecule has 4 heteroatoms. The van der Waals surface area contributed by atoms with Crippen LogP contribution in [-0.2, 0) is 0 Å². The molecular weight excluding hydrogens is 940 g/mol. The van der Waals surface area contributed by atoms with Crippen molar-refractivity contribution < 1.29 is 15.3 Å². The fourth-order valence-electron chi connectivity index (χ4n) is 11.1. The fraction of sp³-hybridized carbons (Fsp3) is 1.00. The molecule has 0 aromatic rings. The van der Waals surface area contributed by atoms with Crippen molar-refractivity contribution in [2.75, 3.05) is 19.8 Å². The van der Waals surface area contributed by atoms with E-state index in [-0.39, 0.29) is 37.2 Å². The van der Waals surface area contributed by atoms with E-state index in [0.717, 1.165) is 38.5 Å². The number of rotatable bonds is 66. The Morgan fingerprint density at radius 2 is 0.184 bits per heavy atom. The van der Waals surface area contributed by atoms with Crippen molar-refractivity contribution in [1.29, 1.82) is 0 Å². The Kier molecular flexibility index (Phi) is 94.5. The van der Waals surface area contributed by atoms with Gasteiger partial charge in [-0.05, 0) is 0 Å². The summed E-state index contributed by atoms with van der Waals surface area (Å²) < 4.78 is 0. The van der Waals surface area contributed by atoms with E-state index in [1.807, 2.05) is 0 Å². The summed E-state index contributed by atoms with van der Waals surface area (Å²) >= 11 is 0. The third kappa shape index (κ3) is 90.9. The van der Waals surface area contributed by atoms with Crippen molar-refractivity contribution >= 4 is 17.4 Å². The summed E-state index contributed by atoms with van der Waals surface area (Å²) in [7, 11) is 0. The monoisotopic (exact) mass is 1090 g/mol. The normalized spacial score (nSPS) is 11.1. The van der Waals surface area contributed by atoms with E-state index in [1.165, 1.54) is 385 Å². The fourth-order valence-corrected chi connectivity index (χ4v) is 11.1. The molecule has 0 fully saturated rings. The second-order valence-corrected chi connectivity index (χ2v) is 24.4. The first-order chi connectivity index (χ1) is 37.2. The van der Waals surface area contributed by atoms with Gasteiger partial charge in [0.05, 0.1) is 0 Å². The minimum absolute atomic E-state index is 0. The zero-order chi connectivity index (χ0) is 54.8. The van der Waals surface area contributed by atoms with E-state index in [2.05, 4.69) is 20.8 Å². The molecule has 0 aliphatic carbocycles. The van der Waals surface area contributed by atoms with Gasteiger partial charge >= 0.3 is 17.4 Å². The minimum atomic E-state index is 0. The average molecular weight is 1090 g/mol. The van der Waals surface area contributed by atoms with Gasteiger partial charge in [0.2, 0.25) is 0 Å². The second kappa shape index (κ2) is 86.7. The predicted octanol–water partition coefficient (Wildman–Crippen LogP) is 23.5. The maximum absolute atomic E-state index is 10.3. The molecule has 0 aliphatic rings. The zero-order valence-corrected chi connectivity index (χ0v) is 54.7. The predicted molar refractivity (Wildman–Crippen MR) is 342 cm³/mol. The molecule has 0 unspecified atom stereocenters. The van der Waals surface area contributed by atoms with Gasteiger partial charge in [-0.3, -0.25) is 0 Å². The molecule has 3 nitrogen and oxygen atoms in total. The molecule has 456 valence electrons. The van der Waals surface area contributed by atoms with E-state index >= 15 is 0 Å². The molecule has 0 rings (SSSR count). The van der Waals surface area contributed by atoms with E-state index in [1.54, 1.807) is 0 Å². The quantitative estimate of drug-likeness (QED) is 0.0450. The minimum Gasteiger partial charge on any atom is -0.854 e. The number of hydrogen-bond donors (Lipinski definition) is 0. The van der Waals surface area contributed by atoms with Gasteiger partial charge in [-0.2, -0.15) is 0 Å². The van der Waals surface area contributed by atoms with Gasteiger partial charge in [-0.25, -0.2) is 0 Å². The first-order valence-corrected chi connectivity index (χ1v) is 36.0. The summed E-state index contributed by atoms with van der Waals surface area (Å²) in [6.07, 6.45) is 92.3. The summed E-state index contributed by atoms with van der Waals surface area (Å²) in [5.41, 5.74) is 0. The Hall–Kier alpha value is 0.412. The van der Waals surface area contributed by atoms with Gasteiger partial charge in [-0.1, -0.05) is 445 Å². The average Bonchev–Trinajstić information content (AvgIpc) is 3.42. The van der Waals surface area contributed by atoms with E-state index < -0.39 is 0 Å². The molecule has 0 saturated carbocycles. The Morgan fingerprint density at radius 1 is 0.118 bits per heavy atom. The van der Waals surface area contributed by atoms with Gasteiger partial charge in [0.25, 0.3) is 0 Å². The Balaban J connectivity index is -0.000000508. The summed E-state index contributed by atoms with van der Waals surface area (Å²) in [5.74, 6) is 0. The van der Waals surface area contributed by atoms with Gasteiger partial charge in [0.1, 0.15) is 0 Å². The molecule has 0 spiro atoms. The van der Waals surface area contributed by atoms with Crippen LogP contribution in [0.3, 0.4) is 0 Å². The summed E-state index contributed by atoms with van der Waals surface area (Å²) in [6, 6.07) is 0. The zero-order valence-electron chi connectivity index (χ0n) is 53.6. The van der Waals surface area contributed by atoms with Crippen LogP contribution in [0.5, 0.6) is 0 Å². The molecule has 76 heavy (non-hydrogen) atoms. The van der Waals surface area contributed by atoms with Gasteiger partial charge in [0.15, 0.2) is 0 Å². The van der Waals surface area contributed by atoms with Crippen molar-refractivity contribution in [3.05, 3.63) is 0 Å². The molecule has 0 saturated heterocycles. The van der Waals surface area contributed by atoms with Crippen LogP contribution in [0.1, 0.15) is 445 Å². The van der Waals surface area contributed by atoms with Gasteiger partial charge < -0.3 is 15.3 Å². The van der Waals surface area contributed by atoms with Crippen LogP contribution < -0.4 is 15.3 Å². The van der Waals surface area contributed by atoms with Crippen LogP contribution in [0.4, 0.5) is 0 Å². The van der Waals surface area contributed by atoms with Crippen molar-refractivity contribution in [3.8, 4) is 0 Å². The summed E-state index contributed by atoms with van der Waals surface area (Å²) in [6.45, 7) is 7.25. The van der Waals surface area contributed by atoms with Gasteiger partial charge in [-0.15, -0.1) is 19.8 Å². The van der Waals surface area contributed by atoms with E-state index in [0.29, 0.717) is 0 Å². The molecule has 0 amide bonds. The first kappa shape index (κ1) is 82.9. The van der Waals surface area contributed by atoms with Crippen LogP contribution in [0.25, 0.3) is 0 Å².